The van der Waals surface area contributed by atoms with E-state index in [0.29, 0.717) is 17.5 Å². The van der Waals surface area contributed by atoms with Gasteiger partial charge in [-0.15, -0.1) is 0 Å². The fraction of sp³-hybridized carbons (Fsp3) is 0.364. The molecule has 0 aromatic heterocycles. The van der Waals surface area contributed by atoms with E-state index in [-0.39, 0.29) is 0 Å². The van der Waals surface area contributed by atoms with Crippen molar-refractivity contribution >= 4 is 22.0 Å². The SMILES string of the molecule is CC(C)(C)S(=O)(=O)Nc1ccc(C=O)cc1. The van der Waals surface area contributed by atoms with Crippen LogP contribution in [0.5, 0.6) is 0 Å². The monoisotopic (exact) mass is 241 g/mol. The molecule has 0 unspecified atom stereocenters. The summed E-state index contributed by atoms with van der Waals surface area (Å²) >= 11 is 0. The van der Waals surface area contributed by atoms with Crippen molar-refractivity contribution in [1.29, 1.82) is 0 Å². The number of hydrogen-bond acceptors (Lipinski definition) is 3. The Bertz CT molecular complexity index is 469. The molecule has 0 aliphatic carbocycles. The summed E-state index contributed by atoms with van der Waals surface area (Å²) in [6.07, 6.45) is 0.710. The molecule has 0 saturated carbocycles. The van der Waals surface area contributed by atoms with Crippen LogP contribution in [-0.4, -0.2) is 19.5 Å². The number of carbonyl (C=O) groups is 1. The highest BCUT2D eigenvalue weighted by atomic mass is 32.2. The van der Waals surface area contributed by atoms with Crippen LogP contribution in [0.1, 0.15) is 31.1 Å². The second-order valence-corrected chi connectivity index (χ2v) is 6.89. The van der Waals surface area contributed by atoms with E-state index in [4.69, 9.17) is 0 Å². The largest absolute Gasteiger partial charge is 0.298 e. The first-order chi connectivity index (χ1) is 7.26. The Kier molecular flexibility index (Phi) is 3.38. The topological polar surface area (TPSA) is 63.2 Å². The number of rotatable bonds is 3. The smallest absolute Gasteiger partial charge is 0.237 e. The Morgan fingerprint density at radius 2 is 1.62 bits per heavy atom. The molecule has 0 heterocycles. The Hall–Kier alpha value is -1.36. The van der Waals surface area contributed by atoms with Gasteiger partial charge in [0.2, 0.25) is 10.0 Å². The molecule has 0 atom stereocenters. The van der Waals surface area contributed by atoms with Gasteiger partial charge >= 0.3 is 0 Å². The van der Waals surface area contributed by atoms with Crippen LogP contribution in [0.4, 0.5) is 5.69 Å². The number of anilines is 1. The quantitative estimate of drug-likeness (QED) is 0.824. The zero-order chi connectivity index (χ0) is 12.4. The third kappa shape index (κ3) is 2.82. The van der Waals surface area contributed by atoms with Crippen molar-refractivity contribution in [1.82, 2.24) is 0 Å². The van der Waals surface area contributed by atoms with E-state index in [1.807, 2.05) is 0 Å². The van der Waals surface area contributed by atoms with Gasteiger partial charge in [-0.3, -0.25) is 9.52 Å². The standard InChI is InChI=1S/C11H15NO3S/c1-11(2,3)16(14,15)12-10-6-4-9(8-13)5-7-10/h4-8,12H,1-3H3. The maximum absolute atomic E-state index is 11.8. The molecule has 1 aromatic carbocycles. The molecule has 0 bridgehead atoms. The molecule has 16 heavy (non-hydrogen) atoms. The molecule has 88 valence electrons. The van der Waals surface area contributed by atoms with Crippen molar-refractivity contribution in [3.05, 3.63) is 29.8 Å². The molecule has 0 radical (unpaired) electrons. The van der Waals surface area contributed by atoms with Crippen LogP contribution in [0.25, 0.3) is 0 Å². The van der Waals surface area contributed by atoms with E-state index in [1.165, 1.54) is 0 Å². The highest BCUT2D eigenvalue weighted by Crippen LogP contribution is 2.19. The van der Waals surface area contributed by atoms with Crippen molar-refractivity contribution in [2.45, 2.75) is 25.5 Å². The van der Waals surface area contributed by atoms with Gasteiger partial charge in [-0.25, -0.2) is 8.42 Å². The van der Waals surface area contributed by atoms with Crippen molar-refractivity contribution in [3.63, 3.8) is 0 Å². The lowest BCUT2D eigenvalue weighted by atomic mass is 10.2. The van der Waals surface area contributed by atoms with Gasteiger partial charge in [0, 0.05) is 11.3 Å². The number of sulfonamides is 1. The van der Waals surface area contributed by atoms with E-state index < -0.39 is 14.8 Å². The van der Waals surface area contributed by atoms with Crippen molar-refractivity contribution in [2.75, 3.05) is 4.72 Å². The Morgan fingerprint density at radius 3 is 2.00 bits per heavy atom. The summed E-state index contributed by atoms with van der Waals surface area (Å²) in [6.45, 7) is 4.86. The predicted molar refractivity (Wildman–Crippen MR) is 64.1 cm³/mol. The Balaban J connectivity index is 2.93. The second-order valence-electron chi connectivity index (χ2n) is 4.46. The second kappa shape index (κ2) is 4.25. The molecule has 0 spiro atoms. The first-order valence-corrected chi connectivity index (χ1v) is 6.32. The van der Waals surface area contributed by atoms with Crippen LogP contribution in [0.2, 0.25) is 0 Å². The van der Waals surface area contributed by atoms with E-state index in [2.05, 4.69) is 4.72 Å². The van der Waals surface area contributed by atoms with Crippen molar-refractivity contribution in [3.8, 4) is 0 Å². The summed E-state index contributed by atoms with van der Waals surface area (Å²) in [5.74, 6) is 0. The Morgan fingerprint density at radius 1 is 1.12 bits per heavy atom. The van der Waals surface area contributed by atoms with Crippen LogP contribution in [0.3, 0.4) is 0 Å². The zero-order valence-corrected chi connectivity index (χ0v) is 10.3. The van der Waals surface area contributed by atoms with Gasteiger partial charge < -0.3 is 0 Å². The van der Waals surface area contributed by atoms with Crippen LogP contribution in [-0.2, 0) is 10.0 Å². The van der Waals surface area contributed by atoms with Gasteiger partial charge in [0.05, 0.1) is 4.75 Å². The van der Waals surface area contributed by atoms with E-state index >= 15 is 0 Å². The lowest BCUT2D eigenvalue weighted by Crippen LogP contribution is -2.33. The van der Waals surface area contributed by atoms with Gasteiger partial charge in [0.1, 0.15) is 6.29 Å². The lowest BCUT2D eigenvalue weighted by Gasteiger charge is -2.20. The van der Waals surface area contributed by atoms with Crippen molar-refractivity contribution < 1.29 is 13.2 Å². The van der Waals surface area contributed by atoms with Crippen LogP contribution >= 0.6 is 0 Å². The third-order valence-electron chi connectivity index (χ3n) is 2.11. The molecular formula is C11H15NO3S. The maximum Gasteiger partial charge on any atom is 0.237 e. The summed E-state index contributed by atoms with van der Waals surface area (Å²) in [5, 5.41) is 0. The average Bonchev–Trinajstić information content (AvgIpc) is 2.16. The molecule has 0 aliphatic heterocycles. The van der Waals surface area contributed by atoms with Crippen molar-refractivity contribution in [2.24, 2.45) is 0 Å². The minimum Gasteiger partial charge on any atom is -0.298 e. The molecule has 0 saturated heterocycles. The molecule has 0 fully saturated rings. The summed E-state index contributed by atoms with van der Waals surface area (Å²) < 4.78 is 25.2. The summed E-state index contributed by atoms with van der Waals surface area (Å²) in [7, 11) is -3.41. The van der Waals surface area contributed by atoms with Gasteiger partial charge in [-0.1, -0.05) is 0 Å². The number of benzene rings is 1. The average molecular weight is 241 g/mol. The van der Waals surface area contributed by atoms with E-state index in [9.17, 15) is 13.2 Å². The van der Waals surface area contributed by atoms with Gasteiger partial charge in [0.25, 0.3) is 0 Å². The molecule has 1 N–H and O–H groups in total. The Labute approximate surface area is 95.7 Å². The fourth-order valence-electron chi connectivity index (χ4n) is 0.938. The summed E-state index contributed by atoms with van der Waals surface area (Å²) in [4.78, 5) is 10.4. The van der Waals surface area contributed by atoms with E-state index in [1.54, 1.807) is 45.0 Å². The first-order valence-electron chi connectivity index (χ1n) is 4.84. The number of hydrogen-bond donors (Lipinski definition) is 1. The molecule has 1 aromatic rings. The number of aldehydes is 1. The predicted octanol–water partition coefficient (Wildman–Crippen LogP) is 2.04. The lowest BCUT2D eigenvalue weighted by molar-refractivity contribution is 0.112. The summed E-state index contributed by atoms with van der Waals surface area (Å²) in [6, 6.07) is 6.25. The fourth-order valence-corrected chi connectivity index (χ4v) is 1.69. The molecule has 5 heteroatoms. The third-order valence-corrected chi connectivity index (χ3v) is 4.22. The maximum atomic E-state index is 11.8. The molecule has 4 nitrogen and oxygen atoms in total. The molecular weight excluding hydrogens is 226 g/mol. The number of nitrogens with one attached hydrogen (secondary N) is 1. The van der Waals surface area contributed by atoms with Gasteiger partial charge in [-0.05, 0) is 45.0 Å². The zero-order valence-electron chi connectivity index (χ0n) is 9.52. The molecule has 0 aliphatic rings. The van der Waals surface area contributed by atoms with Crippen LogP contribution < -0.4 is 4.72 Å². The normalized spacial score (nSPS) is 12.2. The minimum atomic E-state index is -3.41. The number of carbonyl (C=O) groups excluding carboxylic acids is 1. The highest BCUT2D eigenvalue weighted by molar-refractivity contribution is 7.94. The van der Waals surface area contributed by atoms with Gasteiger partial charge in [-0.2, -0.15) is 0 Å². The van der Waals surface area contributed by atoms with E-state index in [0.717, 1.165) is 0 Å². The highest BCUT2D eigenvalue weighted by Gasteiger charge is 2.28. The molecule has 1 rings (SSSR count). The van der Waals surface area contributed by atoms with Crippen LogP contribution in [0, 0.1) is 0 Å². The molecule has 0 amide bonds. The van der Waals surface area contributed by atoms with Gasteiger partial charge in [0.15, 0.2) is 0 Å². The first kappa shape index (κ1) is 12.7. The minimum absolute atomic E-state index is 0.459. The van der Waals surface area contributed by atoms with Crippen LogP contribution in [0.15, 0.2) is 24.3 Å². The summed E-state index contributed by atoms with van der Waals surface area (Å²) in [5.41, 5.74) is 0.972.